The lowest BCUT2D eigenvalue weighted by molar-refractivity contribution is -0.137. The molecule has 1 aromatic carbocycles. The van der Waals surface area contributed by atoms with Crippen LogP contribution < -0.4 is 5.32 Å². The van der Waals surface area contributed by atoms with Crippen LogP contribution >= 0.6 is 0 Å². The van der Waals surface area contributed by atoms with E-state index in [2.05, 4.69) is 59.3 Å². The average Bonchev–Trinajstić information content (AvgIpc) is 3.09. The molecule has 0 saturated carbocycles. The van der Waals surface area contributed by atoms with Crippen LogP contribution in [0.4, 0.5) is 5.82 Å². The Kier molecular flexibility index (Phi) is 5.13. The number of rotatable bonds is 6. The summed E-state index contributed by atoms with van der Waals surface area (Å²) in [5.41, 5.74) is 1.87. The zero-order valence-corrected chi connectivity index (χ0v) is 17.6. The van der Waals surface area contributed by atoms with Crippen molar-refractivity contribution in [1.82, 2.24) is 19.7 Å². The molecule has 1 aliphatic heterocycles. The van der Waals surface area contributed by atoms with Gasteiger partial charge in [0.1, 0.15) is 5.82 Å². The zero-order valence-electron chi connectivity index (χ0n) is 17.6. The van der Waals surface area contributed by atoms with Gasteiger partial charge in [-0.3, -0.25) is 9.48 Å². The van der Waals surface area contributed by atoms with Crippen molar-refractivity contribution in [3.05, 3.63) is 42.9 Å². The quantitative estimate of drug-likeness (QED) is 0.691. The molecule has 0 atom stereocenters. The van der Waals surface area contributed by atoms with Crippen LogP contribution in [0.1, 0.15) is 27.2 Å². The van der Waals surface area contributed by atoms with Crippen molar-refractivity contribution < 1.29 is 4.79 Å². The first kappa shape index (κ1) is 19.6. The Bertz CT molecular complexity index is 1030. The largest absolute Gasteiger partial charge is 0.310 e. The third-order valence-corrected chi connectivity index (χ3v) is 5.84. The fraction of sp³-hybridized carbons (Fsp3) is 0.435. The van der Waals surface area contributed by atoms with Gasteiger partial charge in [-0.15, -0.1) is 0 Å². The number of aromatic nitrogens is 3. The molecular formula is C23H29N5O. The van der Waals surface area contributed by atoms with E-state index in [9.17, 15) is 4.79 Å². The van der Waals surface area contributed by atoms with E-state index in [1.54, 1.807) is 4.68 Å². The minimum absolute atomic E-state index is 0.0790. The van der Waals surface area contributed by atoms with E-state index in [1.807, 2.05) is 31.7 Å². The fourth-order valence-electron chi connectivity index (χ4n) is 4.19. The Morgan fingerprint density at radius 1 is 1.17 bits per heavy atom. The molecular weight excluding hydrogens is 362 g/mol. The predicted molar refractivity (Wildman–Crippen MR) is 117 cm³/mol. The number of nitrogens with one attached hydrogen (secondary N) is 1. The summed E-state index contributed by atoms with van der Waals surface area (Å²) in [5.74, 6) is 1.31. The topological polar surface area (TPSA) is 63.1 Å². The summed E-state index contributed by atoms with van der Waals surface area (Å²) in [5, 5.41) is 9.42. The summed E-state index contributed by atoms with van der Waals surface area (Å²) >= 11 is 0. The number of pyridine rings is 1. The molecule has 0 bridgehead atoms. The molecule has 0 radical (unpaired) electrons. The molecule has 1 saturated heterocycles. The van der Waals surface area contributed by atoms with Crippen molar-refractivity contribution in [3.63, 3.8) is 0 Å². The number of carbonyl (C=O) groups is 1. The number of anilines is 1. The van der Waals surface area contributed by atoms with Gasteiger partial charge in [0.25, 0.3) is 0 Å². The molecule has 6 heteroatoms. The molecule has 4 rings (SSSR count). The molecule has 152 valence electrons. The molecule has 3 aromatic rings. The number of hydrogen-bond acceptors (Lipinski definition) is 4. The normalized spacial score (nSPS) is 16.2. The summed E-state index contributed by atoms with van der Waals surface area (Å²) in [4.78, 5) is 19.8. The number of carbonyl (C=O) groups excluding carboxylic acids is 1. The first-order chi connectivity index (χ1) is 13.9. The van der Waals surface area contributed by atoms with E-state index in [4.69, 9.17) is 0 Å². The Balaban J connectivity index is 1.52. The second kappa shape index (κ2) is 7.59. The summed E-state index contributed by atoms with van der Waals surface area (Å²) in [6.45, 7) is 9.22. The number of amides is 1. The maximum Gasteiger partial charge on any atom is 0.234 e. The molecule has 6 nitrogen and oxygen atoms in total. The second-order valence-corrected chi connectivity index (χ2v) is 8.69. The Labute approximate surface area is 171 Å². The molecule has 29 heavy (non-hydrogen) atoms. The summed E-state index contributed by atoms with van der Waals surface area (Å²) in [6.07, 6.45) is 6.51. The highest BCUT2D eigenvalue weighted by molar-refractivity contribution is 5.97. The van der Waals surface area contributed by atoms with E-state index in [0.717, 1.165) is 48.0 Å². The lowest BCUT2D eigenvalue weighted by atomic mass is 9.76. The van der Waals surface area contributed by atoms with Crippen molar-refractivity contribution in [2.75, 3.05) is 25.0 Å². The monoisotopic (exact) mass is 391 g/mol. The van der Waals surface area contributed by atoms with Crippen LogP contribution in [0.3, 0.4) is 0 Å². The van der Waals surface area contributed by atoms with Crippen LogP contribution in [-0.4, -0.2) is 45.2 Å². The van der Waals surface area contributed by atoms with Gasteiger partial charge in [0.15, 0.2) is 0 Å². The third-order valence-electron chi connectivity index (χ3n) is 5.84. The molecule has 1 amide bonds. The molecule has 1 fully saturated rings. The molecule has 2 aromatic heterocycles. The van der Waals surface area contributed by atoms with Crippen molar-refractivity contribution in [1.29, 1.82) is 0 Å². The van der Waals surface area contributed by atoms with Crippen LogP contribution in [-0.2, 0) is 11.8 Å². The Morgan fingerprint density at radius 2 is 1.97 bits per heavy atom. The van der Waals surface area contributed by atoms with Gasteiger partial charge in [0.2, 0.25) is 5.91 Å². The zero-order chi connectivity index (χ0) is 20.6. The highest BCUT2D eigenvalue weighted by Crippen LogP contribution is 2.35. The summed E-state index contributed by atoms with van der Waals surface area (Å²) in [7, 11) is 1.91. The van der Waals surface area contributed by atoms with E-state index in [0.29, 0.717) is 11.7 Å². The average molecular weight is 392 g/mol. The van der Waals surface area contributed by atoms with Crippen molar-refractivity contribution in [2.24, 2.45) is 18.4 Å². The number of hydrogen-bond donors (Lipinski definition) is 1. The third kappa shape index (κ3) is 3.90. The standard InChI is InChI=1S/C23H29N5O/c1-5-23(14-28(15-23)12-16(2)3)22(29)26-21-9-19-8-17(6-7-18(19)10-24-21)20-11-25-27(4)13-20/h6-11,13,16H,5,12,14-15H2,1-4H3,(H,24,26,29). The van der Waals surface area contributed by atoms with Gasteiger partial charge >= 0.3 is 0 Å². The van der Waals surface area contributed by atoms with Gasteiger partial charge in [-0.25, -0.2) is 4.98 Å². The number of aryl methyl sites for hydroxylation is 1. The number of likely N-dealkylation sites (tertiary alicyclic amines) is 1. The van der Waals surface area contributed by atoms with E-state index < -0.39 is 0 Å². The highest BCUT2D eigenvalue weighted by Gasteiger charge is 2.47. The minimum atomic E-state index is -0.302. The molecule has 3 heterocycles. The summed E-state index contributed by atoms with van der Waals surface area (Å²) < 4.78 is 1.79. The van der Waals surface area contributed by atoms with E-state index in [-0.39, 0.29) is 11.3 Å². The lowest BCUT2D eigenvalue weighted by Gasteiger charge is -2.49. The van der Waals surface area contributed by atoms with Gasteiger partial charge in [0.05, 0.1) is 11.6 Å². The smallest absolute Gasteiger partial charge is 0.234 e. The molecule has 0 unspecified atom stereocenters. The maximum atomic E-state index is 13.0. The van der Waals surface area contributed by atoms with Crippen molar-refractivity contribution in [3.8, 4) is 11.1 Å². The molecule has 0 aliphatic carbocycles. The lowest BCUT2D eigenvalue weighted by Crippen LogP contribution is -2.62. The molecule has 1 aliphatic rings. The van der Waals surface area contributed by atoms with E-state index >= 15 is 0 Å². The van der Waals surface area contributed by atoms with E-state index in [1.165, 1.54) is 0 Å². The maximum absolute atomic E-state index is 13.0. The number of benzene rings is 1. The van der Waals surface area contributed by atoms with Gasteiger partial charge in [0, 0.05) is 50.0 Å². The minimum Gasteiger partial charge on any atom is -0.310 e. The number of fused-ring (bicyclic) bond motifs is 1. The fourth-order valence-corrected chi connectivity index (χ4v) is 4.19. The Morgan fingerprint density at radius 3 is 2.62 bits per heavy atom. The Hall–Kier alpha value is -2.73. The van der Waals surface area contributed by atoms with Crippen LogP contribution in [0.25, 0.3) is 21.9 Å². The van der Waals surface area contributed by atoms with Gasteiger partial charge in [-0.2, -0.15) is 5.10 Å². The van der Waals surface area contributed by atoms with Crippen LogP contribution in [0.15, 0.2) is 42.9 Å². The SMILES string of the molecule is CCC1(C(=O)Nc2cc3cc(-c4cnn(C)c4)ccc3cn2)CN(CC(C)C)C1. The van der Waals surface area contributed by atoms with Gasteiger partial charge in [-0.05, 0) is 35.4 Å². The summed E-state index contributed by atoms with van der Waals surface area (Å²) in [6, 6.07) is 8.20. The van der Waals surface area contributed by atoms with Gasteiger partial charge < -0.3 is 10.2 Å². The van der Waals surface area contributed by atoms with Gasteiger partial charge in [-0.1, -0.05) is 32.9 Å². The van der Waals surface area contributed by atoms with Crippen LogP contribution in [0.2, 0.25) is 0 Å². The second-order valence-electron chi connectivity index (χ2n) is 8.69. The van der Waals surface area contributed by atoms with Crippen molar-refractivity contribution in [2.45, 2.75) is 27.2 Å². The van der Waals surface area contributed by atoms with Crippen LogP contribution in [0, 0.1) is 11.3 Å². The first-order valence-corrected chi connectivity index (χ1v) is 10.3. The molecule has 1 N–H and O–H groups in total. The molecule has 0 spiro atoms. The van der Waals surface area contributed by atoms with Crippen molar-refractivity contribution >= 4 is 22.5 Å². The first-order valence-electron chi connectivity index (χ1n) is 10.3. The predicted octanol–water partition coefficient (Wildman–Crippen LogP) is 3.94. The van der Waals surface area contributed by atoms with Crippen LogP contribution in [0.5, 0.6) is 0 Å². The highest BCUT2D eigenvalue weighted by atomic mass is 16.2. The number of nitrogens with zero attached hydrogens (tertiary/aromatic N) is 4.